The fourth-order valence-electron chi connectivity index (χ4n) is 2.15. The zero-order valence-electron chi connectivity index (χ0n) is 16.2. The SMILES string of the molecule is CCCCC/C=C\C/C=C\C=C/C/C=C\CCCC(=O)OC(CO)CO. The minimum atomic E-state index is -0.798. The third-order valence-corrected chi connectivity index (χ3v) is 3.69. The van der Waals surface area contributed by atoms with Crippen LogP contribution in [0.2, 0.25) is 0 Å². The molecular weight excluding hydrogens is 328 g/mol. The van der Waals surface area contributed by atoms with Crippen molar-refractivity contribution in [1.82, 2.24) is 0 Å². The number of allylic oxidation sites excluding steroid dienone is 8. The van der Waals surface area contributed by atoms with Crippen LogP contribution in [0.1, 0.15) is 64.7 Å². The summed E-state index contributed by atoms with van der Waals surface area (Å²) < 4.78 is 4.89. The van der Waals surface area contributed by atoms with E-state index in [2.05, 4.69) is 55.5 Å². The smallest absolute Gasteiger partial charge is 0.306 e. The second kappa shape index (κ2) is 19.7. The van der Waals surface area contributed by atoms with Gasteiger partial charge in [0.25, 0.3) is 0 Å². The summed E-state index contributed by atoms with van der Waals surface area (Å²) in [5.41, 5.74) is 0. The summed E-state index contributed by atoms with van der Waals surface area (Å²) in [5.74, 6) is -0.379. The molecule has 4 nitrogen and oxygen atoms in total. The maximum absolute atomic E-state index is 11.4. The van der Waals surface area contributed by atoms with Gasteiger partial charge < -0.3 is 14.9 Å². The highest BCUT2D eigenvalue weighted by atomic mass is 16.6. The number of rotatable bonds is 16. The molecule has 0 aromatic carbocycles. The van der Waals surface area contributed by atoms with Gasteiger partial charge in [0.15, 0.2) is 0 Å². The number of hydrogen-bond acceptors (Lipinski definition) is 4. The minimum absolute atomic E-state index is 0.297. The molecule has 0 radical (unpaired) electrons. The highest BCUT2D eigenvalue weighted by Crippen LogP contribution is 2.03. The van der Waals surface area contributed by atoms with Crippen molar-refractivity contribution in [3.63, 3.8) is 0 Å². The lowest BCUT2D eigenvalue weighted by Crippen LogP contribution is -2.25. The fourth-order valence-corrected chi connectivity index (χ4v) is 2.15. The van der Waals surface area contributed by atoms with Crippen LogP contribution < -0.4 is 0 Å². The summed E-state index contributed by atoms with van der Waals surface area (Å²) in [7, 11) is 0. The lowest BCUT2D eigenvalue weighted by atomic mass is 10.2. The maximum atomic E-state index is 11.4. The Morgan fingerprint density at radius 1 is 0.846 bits per heavy atom. The molecule has 0 atom stereocenters. The van der Waals surface area contributed by atoms with Crippen LogP contribution in [-0.4, -0.2) is 35.5 Å². The van der Waals surface area contributed by atoms with Gasteiger partial charge in [-0.2, -0.15) is 0 Å². The average Bonchev–Trinajstić information content (AvgIpc) is 2.65. The largest absolute Gasteiger partial charge is 0.457 e. The minimum Gasteiger partial charge on any atom is -0.457 e. The van der Waals surface area contributed by atoms with Crippen molar-refractivity contribution in [3.8, 4) is 0 Å². The summed E-state index contributed by atoms with van der Waals surface area (Å²) in [4.78, 5) is 11.4. The van der Waals surface area contributed by atoms with Gasteiger partial charge in [-0.25, -0.2) is 0 Å². The monoisotopic (exact) mass is 364 g/mol. The predicted octanol–water partition coefficient (Wildman–Crippen LogP) is 4.64. The molecule has 0 aliphatic rings. The van der Waals surface area contributed by atoms with Crippen LogP contribution >= 0.6 is 0 Å². The summed E-state index contributed by atoms with van der Waals surface area (Å²) in [6.45, 7) is 1.52. The van der Waals surface area contributed by atoms with Gasteiger partial charge in [-0.05, 0) is 38.5 Å². The van der Waals surface area contributed by atoms with E-state index in [4.69, 9.17) is 14.9 Å². The van der Waals surface area contributed by atoms with E-state index in [0.29, 0.717) is 12.8 Å². The van der Waals surface area contributed by atoms with Crippen molar-refractivity contribution in [2.45, 2.75) is 70.8 Å². The molecule has 0 bridgehead atoms. The summed E-state index contributed by atoms with van der Waals surface area (Å²) in [5, 5.41) is 17.6. The van der Waals surface area contributed by atoms with Crippen molar-refractivity contribution in [2.75, 3.05) is 13.2 Å². The lowest BCUT2D eigenvalue weighted by molar-refractivity contribution is -0.153. The van der Waals surface area contributed by atoms with Crippen LogP contribution in [-0.2, 0) is 9.53 Å². The number of aliphatic hydroxyl groups excluding tert-OH is 2. The molecule has 4 heteroatoms. The molecule has 0 aromatic rings. The topological polar surface area (TPSA) is 66.8 Å². The Morgan fingerprint density at radius 3 is 1.96 bits per heavy atom. The molecule has 2 N–H and O–H groups in total. The molecule has 148 valence electrons. The molecule has 0 fully saturated rings. The molecule has 0 saturated heterocycles. The molecule has 0 saturated carbocycles. The molecule has 26 heavy (non-hydrogen) atoms. The first kappa shape index (κ1) is 24.4. The van der Waals surface area contributed by atoms with Crippen LogP contribution in [0.3, 0.4) is 0 Å². The van der Waals surface area contributed by atoms with Gasteiger partial charge in [0.2, 0.25) is 0 Å². The van der Waals surface area contributed by atoms with Crippen LogP contribution in [0.5, 0.6) is 0 Å². The number of carbonyl (C=O) groups is 1. The van der Waals surface area contributed by atoms with Crippen molar-refractivity contribution < 1.29 is 19.7 Å². The number of aliphatic hydroxyl groups is 2. The lowest BCUT2D eigenvalue weighted by Gasteiger charge is -2.11. The normalized spacial score (nSPS) is 12.5. The number of ether oxygens (including phenoxy) is 1. The van der Waals surface area contributed by atoms with Crippen LogP contribution in [0, 0.1) is 0 Å². The van der Waals surface area contributed by atoms with E-state index < -0.39 is 6.10 Å². The van der Waals surface area contributed by atoms with Crippen LogP contribution in [0.4, 0.5) is 0 Å². The van der Waals surface area contributed by atoms with E-state index >= 15 is 0 Å². The van der Waals surface area contributed by atoms with Crippen molar-refractivity contribution in [3.05, 3.63) is 48.6 Å². The molecular formula is C22H36O4. The van der Waals surface area contributed by atoms with E-state index in [0.717, 1.165) is 19.3 Å². The zero-order valence-corrected chi connectivity index (χ0v) is 16.2. The summed E-state index contributed by atoms with van der Waals surface area (Å²) >= 11 is 0. The third-order valence-electron chi connectivity index (χ3n) is 3.69. The Bertz CT molecular complexity index is 431. The molecule has 0 spiro atoms. The van der Waals surface area contributed by atoms with Crippen molar-refractivity contribution in [2.24, 2.45) is 0 Å². The Hall–Kier alpha value is -1.65. The summed E-state index contributed by atoms with van der Waals surface area (Å²) in [6.07, 6.45) is 24.9. The standard InChI is InChI=1S/C22H36O4/c1-2-3-4-5-6-7-8-9-10-11-12-13-14-15-16-17-18-22(25)26-21(19-23)20-24/h6-7,9-12,14-15,21,23-24H,2-5,8,13,16-20H2,1H3/b7-6-,10-9-,12-11-,15-14-. The highest BCUT2D eigenvalue weighted by molar-refractivity contribution is 5.69. The van der Waals surface area contributed by atoms with Gasteiger partial charge in [0.1, 0.15) is 6.10 Å². The average molecular weight is 365 g/mol. The predicted molar refractivity (Wildman–Crippen MR) is 108 cm³/mol. The third kappa shape index (κ3) is 17.2. The Kier molecular flexibility index (Phi) is 18.4. The van der Waals surface area contributed by atoms with E-state index in [1.165, 1.54) is 25.7 Å². The molecule has 0 unspecified atom stereocenters. The van der Waals surface area contributed by atoms with Crippen LogP contribution in [0.25, 0.3) is 0 Å². The van der Waals surface area contributed by atoms with E-state index in [9.17, 15) is 4.79 Å². The molecule has 0 aliphatic heterocycles. The van der Waals surface area contributed by atoms with Gasteiger partial charge in [-0.15, -0.1) is 0 Å². The van der Waals surface area contributed by atoms with Crippen molar-refractivity contribution >= 4 is 5.97 Å². The van der Waals surface area contributed by atoms with E-state index in [-0.39, 0.29) is 19.2 Å². The quantitative estimate of drug-likeness (QED) is 0.181. The van der Waals surface area contributed by atoms with Gasteiger partial charge in [-0.3, -0.25) is 4.79 Å². The number of hydrogen-bond donors (Lipinski definition) is 2. The van der Waals surface area contributed by atoms with E-state index in [1.807, 2.05) is 0 Å². The van der Waals surface area contributed by atoms with Crippen LogP contribution in [0.15, 0.2) is 48.6 Å². The summed E-state index contributed by atoms with van der Waals surface area (Å²) in [6, 6.07) is 0. The number of esters is 1. The van der Waals surface area contributed by atoms with Gasteiger partial charge >= 0.3 is 5.97 Å². The molecule has 0 heterocycles. The Morgan fingerprint density at radius 2 is 1.42 bits per heavy atom. The van der Waals surface area contributed by atoms with E-state index in [1.54, 1.807) is 0 Å². The molecule has 0 aliphatic carbocycles. The van der Waals surface area contributed by atoms with Crippen molar-refractivity contribution in [1.29, 1.82) is 0 Å². The second-order valence-electron chi connectivity index (χ2n) is 6.14. The molecule has 0 amide bonds. The Labute approximate surface area is 159 Å². The fraction of sp³-hybridized carbons (Fsp3) is 0.591. The first-order valence-electron chi connectivity index (χ1n) is 9.77. The van der Waals surface area contributed by atoms with Gasteiger partial charge in [-0.1, -0.05) is 68.4 Å². The first-order chi connectivity index (χ1) is 12.7. The highest BCUT2D eigenvalue weighted by Gasteiger charge is 2.11. The molecule has 0 aromatic heterocycles. The molecule has 0 rings (SSSR count). The number of unbranched alkanes of at least 4 members (excludes halogenated alkanes) is 4. The van der Waals surface area contributed by atoms with Gasteiger partial charge in [0, 0.05) is 6.42 Å². The second-order valence-corrected chi connectivity index (χ2v) is 6.14. The maximum Gasteiger partial charge on any atom is 0.306 e. The zero-order chi connectivity index (χ0) is 19.3. The van der Waals surface area contributed by atoms with Gasteiger partial charge in [0.05, 0.1) is 13.2 Å². The first-order valence-corrected chi connectivity index (χ1v) is 9.77. The Balaban J connectivity index is 3.58. The number of carbonyl (C=O) groups excluding carboxylic acids is 1.